The number of nitrogens with one attached hydrogen (secondary N) is 1. The number of carbonyl (C=O) groups is 1. The minimum absolute atomic E-state index is 0.416. The third-order valence-electron chi connectivity index (χ3n) is 2.51. The summed E-state index contributed by atoms with van der Waals surface area (Å²) in [6, 6.07) is 3.97. The van der Waals surface area contributed by atoms with Crippen molar-refractivity contribution < 1.29 is 9.90 Å². The van der Waals surface area contributed by atoms with Crippen LogP contribution in [-0.2, 0) is 6.54 Å². The van der Waals surface area contributed by atoms with E-state index in [1.165, 1.54) is 0 Å². The summed E-state index contributed by atoms with van der Waals surface area (Å²) in [6.07, 6.45) is -0.307. The van der Waals surface area contributed by atoms with E-state index in [0.717, 1.165) is 20.4 Å². The Kier molecular flexibility index (Phi) is 4.00. The number of halogens is 1. The molecule has 18 heavy (non-hydrogen) atoms. The molecule has 2 N–H and O–H groups in total. The predicted octanol–water partition coefficient (Wildman–Crippen LogP) is 2.00. The zero-order valence-corrected chi connectivity index (χ0v) is 12.0. The number of rotatable bonds is 4. The second-order valence-electron chi connectivity index (χ2n) is 3.92. The van der Waals surface area contributed by atoms with Crippen LogP contribution < -0.4 is 5.32 Å². The molecule has 6 nitrogen and oxygen atoms in total. The van der Waals surface area contributed by atoms with Crippen LogP contribution in [0.4, 0.5) is 4.79 Å². The first kappa shape index (κ1) is 13.1. The fourth-order valence-electron chi connectivity index (χ4n) is 1.69. The second kappa shape index (κ2) is 5.51. The monoisotopic (exact) mass is 360 g/mol. The molecule has 0 aliphatic carbocycles. The highest BCUT2D eigenvalue weighted by atomic mass is 127. The lowest BCUT2D eigenvalue weighted by Crippen LogP contribution is -2.23. The molecule has 7 heteroatoms. The fourth-order valence-corrected chi connectivity index (χ4v) is 2.37. The van der Waals surface area contributed by atoms with Crippen molar-refractivity contribution in [2.45, 2.75) is 19.9 Å². The minimum Gasteiger partial charge on any atom is -0.465 e. The van der Waals surface area contributed by atoms with Crippen LogP contribution in [0, 0.1) is 10.6 Å². The largest absolute Gasteiger partial charge is 0.465 e. The lowest BCUT2D eigenvalue weighted by molar-refractivity contribution is 0.194. The molecule has 96 valence electrons. The normalized spacial score (nSPS) is 10.8. The Labute approximate surface area is 118 Å². The maximum atomic E-state index is 10.3. The van der Waals surface area contributed by atoms with Gasteiger partial charge in [-0.15, -0.1) is 0 Å². The molecule has 0 unspecified atom stereocenters. The van der Waals surface area contributed by atoms with Crippen molar-refractivity contribution in [1.29, 1.82) is 0 Å². The first-order valence-corrected chi connectivity index (χ1v) is 6.62. The summed E-state index contributed by atoms with van der Waals surface area (Å²) in [5, 5.41) is 16.3. The number of pyridine rings is 1. The highest BCUT2D eigenvalue weighted by Gasteiger charge is 2.09. The molecular weight excluding hydrogens is 347 g/mol. The van der Waals surface area contributed by atoms with Crippen LogP contribution in [0.3, 0.4) is 0 Å². The van der Waals surface area contributed by atoms with Gasteiger partial charge in [0.25, 0.3) is 0 Å². The van der Waals surface area contributed by atoms with E-state index in [1.807, 2.05) is 23.7 Å². The van der Waals surface area contributed by atoms with Crippen LogP contribution in [0.5, 0.6) is 0 Å². The number of aromatic nitrogens is 3. The molecule has 0 bridgehead atoms. The summed E-state index contributed by atoms with van der Waals surface area (Å²) in [4.78, 5) is 14.8. The summed E-state index contributed by atoms with van der Waals surface area (Å²) >= 11 is 2.18. The standard InChI is InChI=1S/C11H13IN4O2/c1-7-3-4-8-9(12)15-16(10(8)14-7)6-2-5-13-11(17)18/h3-4,13H,2,5-6H2,1H3,(H,17,18). The van der Waals surface area contributed by atoms with Crippen LogP contribution >= 0.6 is 22.6 Å². The molecule has 1 amide bonds. The van der Waals surface area contributed by atoms with Gasteiger partial charge in [0.2, 0.25) is 0 Å². The summed E-state index contributed by atoms with van der Waals surface area (Å²) in [6.45, 7) is 3.00. The molecule has 0 atom stereocenters. The average Bonchev–Trinajstić information content (AvgIpc) is 2.61. The Morgan fingerprint density at radius 1 is 1.56 bits per heavy atom. The minimum atomic E-state index is -0.996. The highest BCUT2D eigenvalue weighted by Crippen LogP contribution is 2.19. The van der Waals surface area contributed by atoms with Crippen molar-refractivity contribution in [3.8, 4) is 0 Å². The van der Waals surface area contributed by atoms with Crippen LogP contribution in [0.25, 0.3) is 11.0 Å². The molecule has 2 aromatic heterocycles. The van der Waals surface area contributed by atoms with Gasteiger partial charge in [0.15, 0.2) is 5.65 Å². The molecule has 0 spiro atoms. The topological polar surface area (TPSA) is 80.0 Å². The van der Waals surface area contributed by atoms with Gasteiger partial charge in [-0.3, -0.25) is 0 Å². The fraction of sp³-hybridized carbons (Fsp3) is 0.364. The van der Waals surface area contributed by atoms with E-state index in [1.54, 1.807) is 0 Å². The number of fused-ring (bicyclic) bond motifs is 1. The summed E-state index contributed by atoms with van der Waals surface area (Å²) in [7, 11) is 0. The number of amides is 1. The number of aryl methyl sites for hydroxylation is 2. The molecule has 0 fully saturated rings. The van der Waals surface area contributed by atoms with Gasteiger partial charge in [-0.2, -0.15) is 5.10 Å². The maximum absolute atomic E-state index is 10.3. The summed E-state index contributed by atoms with van der Waals surface area (Å²) < 4.78 is 2.74. The Balaban J connectivity index is 2.13. The van der Waals surface area contributed by atoms with E-state index >= 15 is 0 Å². The van der Waals surface area contributed by atoms with Gasteiger partial charge in [-0.25, -0.2) is 14.5 Å². The van der Waals surface area contributed by atoms with Crippen LogP contribution in [0.15, 0.2) is 12.1 Å². The van der Waals surface area contributed by atoms with E-state index in [0.29, 0.717) is 19.5 Å². The molecule has 2 rings (SSSR count). The van der Waals surface area contributed by atoms with Gasteiger partial charge in [0.1, 0.15) is 3.70 Å². The molecule has 0 aliphatic heterocycles. The molecule has 0 aromatic carbocycles. The third kappa shape index (κ3) is 2.89. The molecule has 2 aromatic rings. The van der Waals surface area contributed by atoms with Crippen LogP contribution in [0.2, 0.25) is 0 Å². The van der Waals surface area contributed by atoms with E-state index < -0.39 is 6.09 Å². The van der Waals surface area contributed by atoms with Crippen molar-refractivity contribution in [3.63, 3.8) is 0 Å². The first-order valence-electron chi connectivity index (χ1n) is 5.54. The molecule has 2 heterocycles. The van der Waals surface area contributed by atoms with E-state index in [2.05, 4.69) is 38.0 Å². The maximum Gasteiger partial charge on any atom is 0.404 e. The quantitative estimate of drug-likeness (QED) is 0.646. The van der Waals surface area contributed by atoms with Crippen LogP contribution in [-0.4, -0.2) is 32.5 Å². The molecule has 0 aliphatic rings. The van der Waals surface area contributed by atoms with Crippen molar-refractivity contribution >= 4 is 39.7 Å². The Hall–Kier alpha value is -1.38. The van der Waals surface area contributed by atoms with Gasteiger partial charge in [-0.05, 0) is 48.1 Å². The Bertz CT molecular complexity index is 582. The third-order valence-corrected chi connectivity index (χ3v) is 3.31. The second-order valence-corrected chi connectivity index (χ2v) is 4.95. The summed E-state index contributed by atoms with van der Waals surface area (Å²) in [5.74, 6) is 0. The molecule has 0 saturated heterocycles. The van der Waals surface area contributed by atoms with Gasteiger partial charge >= 0.3 is 6.09 Å². The van der Waals surface area contributed by atoms with Crippen LogP contribution in [0.1, 0.15) is 12.1 Å². The van der Waals surface area contributed by atoms with Gasteiger partial charge in [0.05, 0.1) is 5.39 Å². The number of nitrogens with zero attached hydrogens (tertiary/aromatic N) is 3. The average molecular weight is 360 g/mol. The zero-order valence-electron chi connectivity index (χ0n) is 9.85. The predicted molar refractivity (Wildman–Crippen MR) is 75.6 cm³/mol. The van der Waals surface area contributed by atoms with E-state index in [9.17, 15) is 4.79 Å². The Morgan fingerprint density at radius 3 is 3.06 bits per heavy atom. The van der Waals surface area contributed by atoms with Gasteiger partial charge in [0, 0.05) is 18.8 Å². The number of hydrogen-bond acceptors (Lipinski definition) is 3. The lowest BCUT2D eigenvalue weighted by Gasteiger charge is -2.03. The van der Waals surface area contributed by atoms with Crippen molar-refractivity contribution in [1.82, 2.24) is 20.1 Å². The summed E-state index contributed by atoms with van der Waals surface area (Å²) in [5.41, 5.74) is 1.80. The van der Waals surface area contributed by atoms with E-state index in [4.69, 9.17) is 5.11 Å². The Morgan fingerprint density at radius 2 is 2.33 bits per heavy atom. The zero-order chi connectivity index (χ0) is 13.1. The molecular formula is C11H13IN4O2. The van der Waals surface area contributed by atoms with Gasteiger partial charge < -0.3 is 10.4 Å². The molecule has 0 radical (unpaired) electrons. The highest BCUT2D eigenvalue weighted by molar-refractivity contribution is 14.1. The first-order chi connectivity index (χ1) is 8.58. The SMILES string of the molecule is Cc1ccc2c(I)nn(CCCNC(=O)O)c2n1. The van der Waals surface area contributed by atoms with Gasteiger partial charge in [-0.1, -0.05) is 0 Å². The van der Waals surface area contributed by atoms with Crippen molar-refractivity contribution in [3.05, 3.63) is 21.5 Å². The molecule has 0 saturated carbocycles. The van der Waals surface area contributed by atoms with Crippen molar-refractivity contribution in [2.24, 2.45) is 0 Å². The lowest BCUT2D eigenvalue weighted by atomic mass is 10.3. The number of hydrogen-bond donors (Lipinski definition) is 2. The van der Waals surface area contributed by atoms with Crippen molar-refractivity contribution in [2.75, 3.05) is 6.54 Å². The smallest absolute Gasteiger partial charge is 0.404 e. The number of carboxylic acid groups (broad SMARTS) is 1. The van der Waals surface area contributed by atoms with E-state index in [-0.39, 0.29) is 0 Å².